The number of nitrogens with one attached hydrogen (secondary N) is 1. The van der Waals surface area contributed by atoms with E-state index in [4.69, 9.17) is 0 Å². The molecule has 0 bridgehead atoms. The minimum Gasteiger partial charge on any atom is -0.342 e. The maximum atomic E-state index is 12.5. The number of carbonyl (C=O) groups is 2. The van der Waals surface area contributed by atoms with Gasteiger partial charge in [-0.1, -0.05) is 18.2 Å². The molecule has 0 saturated heterocycles. The van der Waals surface area contributed by atoms with Gasteiger partial charge in [-0.05, 0) is 45.0 Å². The van der Waals surface area contributed by atoms with Gasteiger partial charge in [0.25, 0.3) is 5.91 Å². The van der Waals surface area contributed by atoms with Gasteiger partial charge in [0.1, 0.15) is 0 Å². The maximum Gasteiger partial charge on any atom is 0.261 e. The number of rotatable bonds is 6. The fraction of sp³-hybridized carbons (Fsp3) is 0.286. The first kappa shape index (κ1) is 19.8. The molecule has 0 spiro atoms. The first-order valence-corrected chi connectivity index (χ1v) is 9.87. The van der Waals surface area contributed by atoms with Gasteiger partial charge in [-0.3, -0.25) is 9.59 Å². The van der Waals surface area contributed by atoms with Crippen LogP contribution in [0.3, 0.4) is 0 Å². The molecule has 0 saturated carbocycles. The molecule has 0 radical (unpaired) electrons. The van der Waals surface area contributed by atoms with Gasteiger partial charge in [-0.25, -0.2) is 4.68 Å². The molecule has 0 aliphatic carbocycles. The number of likely N-dealkylation sites (N-methyl/N-ethyl adjacent to an activating group) is 1. The van der Waals surface area contributed by atoms with E-state index in [1.165, 1.54) is 11.3 Å². The number of amides is 2. The van der Waals surface area contributed by atoms with E-state index in [2.05, 4.69) is 10.4 Å². The van der Waals surface area contributed by atoms with Crippen LogP contribution in [0.1, 0.15) is 31.5 Å². The van der Waals surface area contributed by atoms with Crippen molar-refractivity contribution in [3.8, 4) is 5.69 Å². The van der Waals surface area contributed by atoms with E-state index in [1.807, 2.05) is 61.9 Å². The second-order valence-electron chi connectivity index (χ2n) is 6.74. The molecule has 0 aliphatic rings. The van der Waals surface area contributed by atoms with Gasteiger partial charge in [-0.15, -0.1) is 11.3 Å². The second-order valence-corrected chi connectivity index (χ2v) is 8.03. The van der Waals surface area contributed by atoms with Crippen LogP contribution in [0.4, 0.5) is 0 Å². The Hall–Kier alpha value is -2.93. The van der Waals surface area contributed by atoms with Crippen LogP contribution in [0.2, 0.25) is 0 Å². The Morgan fingerprint density at radius 1 is 1.11 bits per heavy atom. The summed E-state index contributed by atoms with van der Waals surface area (Å²) >= 11 is 1.42. The topological polar surface area (TPSA) is 67.2 Å². The second kappa shape index (κ2) is 8.39. The summed E-state index contributed by atoms with van der Waals surface area (Å²) in [5, 5.41) is 7.32. The van der Waals surface area contributed by atoms with Crippen LogP contribution in [-0.2, 0) is 11.3 Å². The van der Waals surface area contributed by atoms with E-state index < -0.39 is 0 Å². The number of hydrogen-bond donors (Lipinski definition) is 1. The standard InChI is InChI=1S/C21H24N4O2S/c1-14-10-11-19(28-14)21(27)22-12-20(26)24(4)13-18-15(2)23-25(16(18)3)17-8-6-5-7-9-17/h5-11H,12-13H2,1-4H3,(H,22,27). The van der Waals surface area contributed by atoms with Crippen LogP contribution in [0, 0.1) is 20.8 Å². The molecule has 0 aliphatic heterocycles. The number of aromatic nitrogens is 2. The SMILES string of the molecule is Cc1ccc(C(=O)NCC(=O)N(C)Cc2c(C)nn(-c3ccccc3)c2C)s1. The summed E-state index contributed by atoms with van der Waals surface area (Å²) in [5.74, 6) is -0.364. The van der Waals surface area contributed by atoms with Crippen molar-refractivity contribution in [2.24, 2.45) is 0 Å². The average Bonchev–Trinajstić information content (AvgIpc) is 3.25. The first-order chi connectivity index (χ1) is 13.4. The van der Waals surface area contributed by atoms with E-state index >= 15 is 0 Å². The quantitative estimate of drug-likeness (QED) is 0.695. The Morgan fingerprint density at radius 3 is 2.46 bits per heavy atom. The summed E-state index contributed by atoms with van der Waals surface area (Å²) < 4.78 is 1.89. The molecule has 6 nitrogen and oxygen atoms in total. The van der Waals surface area contributed by atoms with E-state index in [1.54, 1.807) is 18.0 Å². The fourth-order valence-electron chi connectivity index (χ4n) is 2.98. The van der Waals surface area contributed by atoms with Crippen molar-refractivity contribution in [2.75, 3.05) is 13.6 Å². The third-order valence-corrected chi connectivity index (χ3v) is 5.63. The number of benzene rings is 1. The molecule has 7 heteroatoms. The Morgan fingerprint density at radius 2 is 1.82 bits per heavy atom. The van der Waals surface area contributed by atoms with Gasteiger partial charge >= 0.3 is 0 Å². The van der Waals surface area contributed by atoms with Crippen molar-refractivity contribution in [3.63, 3.8) is 0 Å². The maximum absolute atomic E-state index is 12.5. The van der Waals surface area contributed by atoms with Crippen LogP contribution in [0.25, 0.3) is 5.69 Å². The number of thiophene rings is 1. The molecule has 2 aromatic heterocycles. The van der Waals surface area contributed by atoms with E-state index in [0.717, 1.165) is 27.5 Å². The summed E-state index contributed by atoms with van der Waals surface area (Å²) in [7, 11) is 1.74. The lowest BCUT2D eigenvalue weighted by atomic mass is 10.2. The lowest BCUT2D eigenvalue weighted by Crippen LogP contribution is -2.37. The van der Waals surface area contributed by atoms with E-state index in [9.17, 15) is 9.59 Å². The Kier molecular flexibility index (Phi) is 5.94. The summed E-state index contributed by atoms with van der Waals surface area (Å²) in [6.07, 6.45) is 0. The zero-order valence-corrected chi connectivity index (χ0v) is 17.3. The molecule has 3 rings (SSSR count). The molecule has 146 valence electrons. The van der Waals surface area contributed by atoms with E-state index in [-0.39, 0.29) is 18.4 Å². The lowest BCUT2D eigenvalue weighted by Gasteiger charge is -2.18. The van der Waals surface area contributed by atoms with Gasteiger partial charge in [0.05, 0.1) is 22.8 Å². The molecule has 2 amide bonds. The van der Waals surface area contributed by atoms with Crippen molar-refractivity contribution >= 4 is 23.2 Å². The number of hydrogen-bond acceptors (Lipinski definition) is 4. The van der Waals surface area contributed by atoms with Crippen LogP contribution in [-0.4, -0.2) is 40.1 Å². The number of nitrogens with zero attached hydrogens (tertiary/aromatic N) is 3. The smallest absolute Gasteiger partial charge is 0.261 e. The predicted octanol–water partition coefficient (Wildman–Crippen LogP) is 3.25. The van der Waals surface area contributed by atoms with Crippen LogP contribution in [0.5, 0.6) is 0 Å². The number of para-hydroxylation sites is 1. The molecular weight excluding hydrogens is 372 g/mol. The van der Waals surface area contributed by atoms with Crippen molar-refractivity contribution in [1.29, 1.82) is 0 Å². The predicted molar refractivity (Wildman–Crippen MR) is 111 cm³/mol. The highest BCUT2D eigenvalue weighted by Crippen LogP contribution is 2.19. The minimum absolute atomic E-state index is 0.0306. The summed E-state index contributed by atoms with van der Waals surface area (Å²) in [5.41, 5.74) is 3.89. The van der Waals surface area contributed by atoms with Gasteiger partial charge in [-0.2, -0.15) is 5.10 Å². The Labute approximate surface area is 168 Å². The van der Waals surface area contributed by atoms with Crippen molar-refractivity contribution in [3.05, 3.63) is 69.2 Å². The van der Waals surface area contributed by atoms with Gasteiger partial charge in [0.2, 0.25) is 5.91 Å². The largest absolute Gasteiger partial charge is 0.342 e. The third-order valence-electron chi connectivity index (χ3n) is 4.63. The van der Waals surface area contributed by atoms with Crippen LogP contribution >= 0.6 is 11.3 Å². The molecular formula is C21H24N4O2S. The first-order valence-electron chi connectivity index (χ1n) is 9.06. The number of carbonyl (C=O) groups excluding carboxylic acids is 2. The Bertz CT molecular complexity index is 991. The summed E-state index contributed by atoms with van der Waals surface area (Å²) in [6, 6.07) is 13.6. The van der Waals surface area contributed by atoms with Gasteiger partial charge in [0, 0.05) is 29.7 Å². The zero-order chi connectivity index (χ0) is 20.3. The minimum atomic E-state index is -0.218. The van der Waals surface area contributed by atoms with Crippen molar-refractivity contribution < 1.29 is 9.59 Å². The third kappa shape index (κ3) is 4.31. The highest BCUT2D eigenvalue weighted by molar-refractivity contribution is 7.13. The normalized spacial score (nSPS) is 10.7. The van der Waals surface area contributed by atoms with Crippen molar-refractivity contribution in [2.45, 2.75) is 27.3 Å². The van der Waals surface area contributed by atoms with Crippen LogP contribution < -0.4 is 5.32 Å². The molecule has 0 unspecified atom stereocenters. The number of aryl methyl sites for hydroxylation is 2. The summed E-state index contributed by atoms with van der Waals surface area (Å²) in [6.45, 7) is 6.30. The molecule has 0 atom stereocenters. The zero-order valence-electron chi connectivity index (χ0n) is 16.5. The molecule has 2 heterocycles. The van der Waals surface area contributed by atoms with Gasteiger partial charge in [0.15, 0.2) is 0 Å². The molecule has 3 aromatic rings. The van der Waals surface area contributed by atoms with Crippen molar-refractivity contribution in [1.82, 2.24) is 20.0 Å². The highest BCUT2D eigenvalue weighted by Gasteiger charge is 2.18. The average molecular weight is 397 g/mol. The highest BCUT2D eigenvalue weighted by atomic mass is 32.1. The van der Waals surface area contributed by atoms with Crippen LogP contribution in [0.15, 0.2) is 42.5 Å². The van der Waals surface area contributed by atoms with E-state index in [0.29, 0.717) is 11.4 Å². The molecule has 1 N–H and O–H groups in total. The van der Waals surface area contributed by atoms with Gasteiger partial charge < -0.3 is 10.2 Å². The summed E-state index contributed by atoms with van der Waals surface area (Å²) in [4.78, 5) is 27.9. The molecule has 0 fully saturated rings. The molecule has 28 heavy (non-hydrogen) atoms. The Balaban J connectivity index is 1.64. The lowest BCUT2D eigenvalue weighted by molar-refractivity contribution is -0.129. The fourth-order valence-corrected chi connectivity index (χ4v) is 3.77. The monoisotopic (exact) mass is 396 g/mol. The molecule has 1 aromatic carbocycles.